The topological polar surface area (TPSA) is 132 Å². The highest BCUT2D eigenvalue weighted by molar-refractivity contribution is 7.98. The number of carbonyl (C=O) groups excluding carboxylic acids is 1. The second kappa shape index (κ2) is 12.0. The van der Waals surface area contributed by atoms with Crippen LogP contribution in [0.15, 0.2) is 29.4 Å². The second-order valence-corrected chi connectivity index (χ2v) is 11.2. The summed E-state index contributed by atoms with van der Waals surface area (Å²) in [5.74, 6) is 0.161. The summed E-state index contributed by atoms with van der Waals surface area (Å²) in [5.41, 5.74) is 0.890. The average molecular weight is 548 g/mol. The number of hydrogen-bond acceptors (Lipinski definition) is 10. The summed E-state index contributed by atoms with van der Waals surface area (Å²) in [6, 6.07) is 3.03. The Morgan fingerprint density at radius 2 is 2.03 bits per heavy atom. The van der Waals surface area contributed by atoms with Crippen LogP contribution in [-0.2, 0) is 4.79 Å². The Labute approximate surface area is 222 Å². The fourth-order valence-electron chi connectivity index (χ4n) is 4.35. The number of nitrogens with one attached hydrogen (secondary N) is 3. The summed E-state index contributed by atoms with van der Waals surface area (Å²) in [7, 11) is 0. The molecule has 13 heteroatoms. The number of amides is 1. The molecule has 2 aliphatic heterocycles. The predicted octanol–water partition coefficient (Wildman–Crippen LogP) is 3.24. The number of halogens is 1. The molecule has 5 rings (SSSR count). The van der Waals surface area contributed by atoms with E-state index in [4.69, 9.17) is 9.90 Å². The molecular weight excluding hydrogens is 517 g/mol. The van der Waals surface area contributed by atoms with Crippen LogP contribution in [0, 0.1) is 17.2 Å². The van der Waals surface area contributed by atoms with E-state index in [1.54, 1.807) is 35.1 Å². The van der Waals surface area contributed by atoms with Crippen LogP contribution in [0.25, 0.3) is 10.2 Å². The lowest BCUT2D eigenvalue weighted by molar-refractivity contribution is -0.122. The monoisotopic (exact) mass is 547 g/mol. The number of thiazole rings is 1. The number of anilines is 2. The minimum Gasteiger partial charge on any atom is -0.483 e. The first kappa shape index (κ1) is 27.0. The van der Waals surface area contributed by atoms with Crippen molar-refractivity contribution in [2.75, 3.05) is 56.2 Å². The fourth-order valence-corrected chi connectivity index (χ4v) is 5.56. The average Bonchev–Trinajstić information content (AvgIpc) is 3.51. The molecule has 2 saturated heterocycles. The van der Waals surface area contributed by atoms with Crippen molar-refractivity contribution in [3.63, 3.8) is 0 Å². The van der Waals surface area contributed by atoms with Gasteiger partial charge in [0.05, 0.1) is 15.8 Å². The first-order valence-corrected chi connectivity index (χ1v) is 13.9. The minimum absolute atomic E-state index is 0.136. The molecule has 0 radical (unpaired) electrons. The molecule has 2 fully saturated rings. The smallest absolute Gasteiger partial charge is 0.290 e. The molecule has 0 saturated carbocycles. The highest BCUT2D eigenvalue weighted by Crippen LogP contribution is 2.35. The van der Waals surface area contributed by atoms with Crippen molar-refractivity contribution in [3.05, 3.63) is 35.9 Å². The van der Waals surface area contributed by atoms with Crippen LogP contribution in [0.2, 0.25) is 0 Å². The van der Waals surface area contributed by atoms with Crippen LogP contribution >= 0.6 is 23.1 Å². The van der Waals surface area contributed by atoms with Crippen LogP contribution in [0.3, 0.4) is 0 Å². The molecule has 1 atom stereocenters. The first-order valence-electron chi connectivity index (χ1n) is 11.9. The van der Waals surface area contributed by atoms with Gasteiger partial charge < -0.3 is 26.0 Å². The van der Waals surface area contributed by atoms with Crippen LogP contribution in [-0.4, -0.2) is 82.9 Å². The number of carbonyl (C=O) groups is 2. The van der Waals surface area contributed by atoms with Crippen LogP contribution in [0.5, 0.6) is 0 Å². The van der Waals surface area contributed by atoms with Crippen molar-refractivity contribution in [3.8, 4) is 0 Å². The molecule has 1 unspecified atom stereocenters. The number of carboxylic acid groups (broad SMARTS) is 1. The second-order valence-electron chi connectivity index (χ2n) is 9.32. The zero-order valence-corrected chi connectivity index (χ0v) is 22.3. The Kier molecular flexibility index (Phi) is 8.77. The molecule has 10 nitrogen and oxygen atoms in total. The number of thioether (sulfide) groups is 1. The van der Waals surface area contributed by atoms with E-state index in [0.717, 1.165) is 29.1 Å². The molecule has 2 aliphatic rings. The van der Waals surface area contributed by atoms with Gasteiger partial charge in [-0.1, -0.05) is 18.3 Å². The molecule has 1 spiro atoms. The lowest BCUT2D eigenvalue weighted by Crippen LogP contribution is -2.55. The third kappa shape index (κ3) is 6.46. The summed E-state index contributed by atoms with van der Waals surface area (Å²) in [6.07, 6.45) is 6.57. The molecule has 1 amide bonds. The number of aromatic nitrogens is 3. The molecule has 37 heavy (non-hydrogen) atoms. The van der Waals surface area contributed by atoms with Gasteiger partial charge in [-0.15, -0.1) is 11.8 Å². The van der Waals surface area contributed by atoms with E-state index >= 15 is 0 Å². The van der Waals surface area contributed by atoms with Gasteiger partial charge in [-0.05, 0) is 24.7 Å². The minimum atomic E-state index is -0.507. The Morgan fingerprint density at radius 3 is 2.65 bits per heavy atom. The van der Waals surface area contributed by atoms with Gasteiger partial charge in [-0.2, -0.15) is 0 Å². The van der Waals surface area contributed by atoms with E-state index < -0.39 is 5.82 Å². The molecule has 0 aliphatic carbocycles. The van der Waals surface area contributed by atoms with Crippen molar-refractivity contribution in [2.45, 2.75) is 18.2 Å². The quantitative estimate of drug-likeness (QED) is 0.246. The van der Waals surface area contributed by atoms with Crippen LogP contribution < -0.4 is 16.0 Å². The van der Waals surface area contributed by atoms with Gasteiger partial charge in [0.25, 0.3) is 12.4 Å². The Hall–Kier alpha value is -3.03. The van der Waals surface area contributed by atoms with Crippen LogP contribution in [0.1, 0.15) is 23.7 Å². The molecule has 4 heterocycles. The summed E-state index contributed by atoms with van der Waals surface area (Å²) in [6.45, 7) is 6.52. The maximum Gasteiger partial charge on any atom is 0.290 e. The molecular formula is C24H30FN7O3S2. The number of nitrogens with zero attached hydrogens (tertiary/aromatic N) is 4. The maximum absolute atomic E-state index is 14.8. The van der Waals surface area contributed by atoms with E-state index in [-0.39, 0.29) is 29.3 Å². The van der Waals surface area contributed by atoms with Gasteiger partial charge in [0.15, 0.2) is 5.13 Å². The van der Waals surface area contributed by atoms with Gasteiger partial charge in [0.2, 0.25) is 5.95 Å². The van der Waals surface area contributed by atoms with Crippen molar-refractivity contribution < 1.29 is 19.1 Å². The van der Waals surface area contributed by atoms with Gasteiger partial charge in [-0.3, -0.25) is 9.59 Å². The van der Waals surface area contributed by atoms with E-state index in [1.807, 2.05) is 6.26 Å². The highest BCUT2D eigenvalue weighted by atomic mass is 32.2. The summed E-state index contributed by atoms with van der Waals surface area (Å²) in [4.78, 5) is 37.3. The zero-order valence-electron chi connectivity index (χ0n) is 20.7. The largest absolute Gasteiger partial charge is 0.483 e. The van der Waals surface area contributed by atoms with E-state index in [0.29, 0.717) is 42.8 Å². The van der Waals surface area contributed by atoms with Gasteiger partial charge in [0, 0.05) is 68.0 Å². The number of fused-ring (bicyclic) bond motifs is 1. The van der Waals surface area contributed by atoms with E-state index in [2.05, 4.69) is 37.8 Å². The fraction of sp³-hybridized carbons (Fsp3) is 0.458. The van der Waals surface area contributed by atoms with Crippen molar-refractivity contribution in [2.24, 2.45) is 11.3 Å². The number of rotatable bonds is 8. The van der Waals surface area contributed by atoms with Crippen LogP contribution in [0.4, 0.5) is 15.5 Å². The highest BCUT2D eigenvalue weighted by Gasteiger charge is 2.44. The summed E-state index contributed by atoms with van der Waals surface area (Å²) in [5, 5.41) is 17.5. The predicted molar refractivity (Wildman–Crippen MR) is 144 cm³/mol. The number of likely N-dealkylation sites (tertiary alicyclic amines) is 1. The molecule has 2 aromatic heterocycles. The summed E-state index contributed by atoms with van der Waals surface area (Å²) < 4.78 is 15.6. The maximum atomic E-state index is 14.8. The van der Waals surface area contributed by atoms with Crippen molar-refractivity contribution in [1.29, 1.82) is 0 Å². The zero-order chi connectivity index (χ0) is 26.4. The van der Waals surface area contributed by atoms with Gasteiger partial charge >= 0.3 is 0 Å². The third-order valence-electron chi connectivity index (χ3n) is 6.51. The molecule has 4 N–H and O–H groups in total. The van der Waals surface area contributed by atoms with Crippen molar-refractivity contribution >= 4 is 56.8 Å². The van der Waals surface area contributed by atoms with E-state index in [1.165, 1.54) is 17.4 Å². The van der Waals surface area contributed by atoms with Crippen molar-refractivity contribution in [1.82, 2.24) is 25.2 Å². The van der Waals surface area contributed by atoms with Gasteiger partial charge in [-0.25, -0.2) is 19.3 Å². The Morgan fingerprint density at radius 1 is 1.32 bits per heavy atom. The van der Waals surface area contributed by atoms with E-state index in [9.17, 15) is 9.18 Å². The summed E-state index contributed by atoms with van der Waals surface area (Å²) >= 11 is 3.05. The molecule has 1 aromatic carbocycles. The molecule has 0 bridgehead atoms. The standard InChI is InChI=1S/C23H28FN7OS2.CH2O2/c1-14(7-26-21-27-9-15(33-2)10-28-21)8-29-22-30-18-6-17(24)16(5-19(18)34-22)20(32)31-4-3-23(13-31)11-25-12-23;2-1-3/h5-6,9-10,14,25H,3-4,7-8,11-13H2,1-2H3,(H,29,30)(H,26,27,28);1H,(H,2,3). The normalized spacial score (nSPS) is 16.6. The Bertz CT molecular complexity index is 1240. The SMILES string of the molecule is CSc1cnc(NCC(C)CNc2nc3cc(F)c(C(=O)N4CCC5(CNC5)C4)cc3s2)nc1.O=CO. The number of hydrogen-bond donors (Lipinski definition) is 4. The van der Waals surface area contributed by atoms with Gasteiger partial charge in [0.1, 0.15) is 5.82 Å². The first-order chi connectivity index (χ1) is 17.9. The Balaban J connectivity index is 0.00000102. The number of benzene rings is 1. The molecule has 3 aromatic rings. The lowest BCUT2D eigenvalue weighted by Gasteiger charge is -2.39. The molecule has 198 valence electrons. The lowest BCUT2D eigenvalue weighted by atomic mass is 9.81. The third-order valence-corrected chi connectivity index (χ3v) is 8.17.